The second-order valence-corrected chi connectivity index (χ2v) is 11.4. The first-order valence-corrected chi connectivity index (χ1v) is 14.3. The molecule has 3 aromatic carbocycles. The van der Waals surface area contributed by atoms with Crippen molar-refractivity contribution in [2.45, 2.75) is 52.1 Å². The van der Waals surface area contributed by atoms with E-state index in [1.807, 2.05) is 51.1 Å². The number of hydrogen-bond donors (Lipinski definition) is 1. The molecule has 9 heteroatoms. The Morgan fingerprint density at radius 1 is 0.949 bits per heavy atom. The summed E-state index contributed by atoms with van der Waals surface area (Å²) in [6, 6.07) is 18.4. The van der Waals surface area contributed by atoms with Gasteiger partial charge in [0.2, 0.25) is 11.8 Å². The van der Waals surface area contributed by atoms with Crippen LogP contribution >= 0.6 is 0 Å². The van der Waals surface area contributed by atoms with E-state index in [-0.39, 0.29) is 23.0 Å². The van der Waals surface area contributed by atoms with Crippen LogP contribution in [0.1, 0.15) is 36.1 Å². The van der Waals surface area contributed by atoms with Crippen LogP contribution < -0.4 is 14.4 Å². The maximum atomic E-state index is 14.0. The van der Waals surface area contributed by atoms with Crippen LogP contribution in [0.3, 0.4) is 0 Å². The largest absolute Gasteiger partial charge is 0.495 e. The third-order valence-corrected chi connectivity index (χ3v) is 8.39. The van der Waals surface area contributed by atoms with E-state index in [2.05, 4.69) is 5.32 Å². The van der Waals surface area contributed by atoms with Crippen molar-refractivity contribution < 1.29 is 22.7 Å². The van der Waals surface area contributed by atoms with Gasteiger partial charge in [0.15, 0.2) is 0 Å². The number of hydrogen-bond acceptors (Lipinski definition) is 5. The second-order valence-electron chi connectivity index (χ2n) is 9.52. The first kappa shape index (κ1) is 29.7. The third-order valence-electron chi connectivity index (χ3n) is 6.61. The minimum atomic E-state index is -4.18. The van der Waals surface area contributed by atoms with E-state index in [0.717, 1.165) is 26.6 Å². The van der Waals surface area contributed by atoms with Gasteiger partial charge in [-0.15, -0.1) is 0 Å². The molecule has 3 aromatic rings. The van der Waals surface area contributed by atoms with Gasteiger partial charge in [-0.25, -0.2) is 8.42 Å². The Balaban J connectivity index is 2.11. The fourth-order valence-corrected chi connectivity index (χ4v) is 5.64. The molecule has 3 rings (SSSR count). The molecule has 0 heterocycles. The maximum Gasteiger partial charge on any atom is 0.264 e. The van der Waals surface area contributed by atoms with Crippen LogP contribution in [0.25, 0.3) is 0 Å². The number of likely N-dealkylation sites (N-methyl/N-ethyl adjacent to an activating group) is 1. The zero-order valence-electron chi connectivity index (χ0n) is 23.4. The second kappa shape index (κ2) is 12.8. The van der Waals surface area contributed by atoms with Crippen LogP contribution in [0.5, 0.6) is 5.75 Å². The van der Waals surface area contributed by atoms with Crippen molar-refractivity contribution in [3.05, 3.63) is 89.0 Å². The minimum Gasteiger partial charge on any atom is -0.495 e. The predicted octanol–water partition coefficient (Wildman–Crippen LogP) is 4.37. The average Bonchev–Trinajstić information content (AvgIpc) is 2.91. The molecule has 0 aliphatic carbocycles. The van der Waals surface area contributed by atoms with Gasteiger partial charge in [-0.2, -0.15) is 0 Å². The van der Waals surface area contributed by atoms with Gasteiger partial charge in [-0.1, -0.05) is 48.0 Å². The molecule has 0 aromatic heterocycles. The summed E-state index contributed by atoms with van der Waals surface area (Å²) in [4.78, 5) is 28.3. The Morgan fingerprint density at radius 3 is 2.21 bits per heavy atom. The van der Waals surface area contributed by atoms with Crippen LogP contribution in [0.15, 0.2) is 71.6 Å². The fraction of sp³-hybridized carbons (Fsp3) is 0.333. The first-order chi connectivity index (χ1) is 18.5. The van der Waals surface area contributed by atoms with Gasteiger partial charge >= 0.3 is 0 Å². The number of nitrogens with one attached hydrogen (secondary N) is 1. The topological polar surface area (TPSA) is 96.0 Å². The number of rotatable bonds is 11. The fourth-order valence-electron chi connectivity index (χ4n) is 4.22. The molecule has 0 saturated carbocycles. The smallest absolute Gasteiger partial charge is 0.264 e. The first-order valence-electron chi connectivity index (χ1n) is 12.8. The Bertz CT molecular complexity index is 1420. The lowest BCUT2D eigenvalue weighted by molar-refractivity contribution is -0.139. The standard InChI is InChI=1S/C30H37N3O5S/c1-7-31-30(35)24(5)32(19-25-11-9-8-10-23(25)4)29(34)20-33(27-18-22(3)14-17-28(27)38-6)39(36,37)26-15-12-21(2)13-16-26/h8-18,24H,7,19-20H2,1-6H3,(H,31,35)/t24-/m0/s1. The zero-order valence-corrected chi connectivity index (χ0v) is 24.2. The van der Waals surface area contributed by atoms with Crippen LogP contribution in [0.4, 0.5) is 5.69 Å². The van der Waals surface area contributed by atoms with Crippen molar-refractivity contribution in [2.24, 2.45) is 0 Å². The number of carbonyl (C=O) groups is 2. The molecule has 0 spiro atoms. The molecule has 1 N–H and O–H groups in total. The number of anilines is 1. The Kier molecular flexibility index (Phi) is 9.75. The summed E-state index contributed by atoms with van der Waals surface area (Å²) >= 11 is 0. The van der Waals surface area contributed by atoms with Gasteiger partial charge in [0.1, 0.15) is 18.3 Å². The van der Waals surface area contributed by atoms with E-state index in [4.69, 9.17) is 4.74 Å². The van der Waals surface area contributed by atoms with Crippen molar-refractivity contribution >= 4 is 27.5 Å². The molecule has 8 nitrogen and oxygen atoms in total. The number of ether oxygens (including phenoxy) is 1. The molecule has 39 heavy (non-hydrogen) atoms. The number of benzene rings is 3. The number of carbonyl (C=O) groups excluding carboxylic acids is 2. The lowest BCUT2D eigenvalue weighted by Gasteiger charge is -2.32. The summed E-state index contributed by atoms with van der Waals surface area (Å²) in [6.07, 6.45) is 0. The monoisotopic (exact) mass is 551 g/mol. The van der Waals surface area contributed by atoms with Crippen LogP contribution in [-0.2, 0) is 26.2 Å². The highest BCUT2D eigenvalue weighted by molar-refractivity contribution is 7.92. The van der Waals surface area contributed by atoms with Gasteiger partial charge in [0, 0.05) is 13.1 Å². The van der Waals surface area contributed by atoms with Gasteiger partial charge in [0.05, 0.1) is 17.7 Å². The highest BCUT2D eigenvalue weighted by atomic mass is 32.2. The molecule has 208 valence electrons. The van der Waals surface area contributed by atoms with E-state index in [0.29, 0.717) is 12.3 Å². The summed E-state index contributed by atoms with van der Waals surface area (Å²) < 4.78 is 34.6. The van der Waals surface area contributed by atoms with Crippen molar-refractivity contribution in [2.75, 3.05) is 24.5 Å². The van der Waals surface area contributed by atoms with Crippen LogP contribution in [0, 0.1) is 20.8 Å². The number of nitrogens with zero attached hydrogens (tertiary/aromatic N) is 2. The normalized spacial score (nSPS) is 11.9. The molecule has 2 amide bonds. The maximum absolute atomic E-state index is 14.0. The molecule has 0 aliphatic heterocycles. The SMILES string of the molecule is CCNC(=O)[C@H](C)N(Cc1ccccc1C)C(=O)CN(c1cc(C)ccc1OC)S(=O)(=O)c1ccc(C)cc1. The summed E-state index contributed by atoms with van der Waals surface area (Å²) in [6.45, 7) is 9.12. The van der Waals surface area contributed by atoms with E-state index in [1.54, 1.807) is 38.1 Å². The van der Waals surface area contributed by atoms with Crippen molar-refractivity contribution in [3.8, 4) is 5.75 Å². The summed E-state index contributed by atoms with van der Waals surface area (Å²) in [5.41, 5.74) is 3.78. The lowest BCUT2D eigenvalue weighted by atomic mass is 10.1. The molecule has 0 aliphatic rings. The molecule has 0 fully saturated rings. The third kappa shape index (κ3) is 6.97. The number of aryl methyl sites for hydroxylation is 3. The van der Waals surface area contributed by atoms with Gasteiger partial charge in [-0.3, -0.25) is 13.9 Å². The predicted molar refractivity (Wildman–Crippen MR) is 153 cm³/mol. The zero-order chi connectivity index (χ0) is 28.7. The Labute approximate surface area is 231 Å². The van der Waals surface area contributed by atoms with E-state index in [9.17, 15) is 18.0 Å². The number of amides is 2. The highest BCUT2D eigenvalue weighted by Gasteiger charge is 2.34. The molecule has 0 radical (unpaired) electrons. The molecule has 0 bridgehead atoms. The lowest BCUT2D eigenvalue weighted by Crippen LogP contribution is -2.51. The summed E-state index contributed by atoms with van der Waals surface area (Å²) in [7, 11) is -2.73. The van der Waals surface area contributed by atoms with E-state index in [1.165, 1.54) is 24.1 Å². The van der Waals surface area contributed by atoms with E-state index >= 15 is 0 Å². The van der Waals surface area contributed by atoms with Crippen molar-refractivity contribution in [3.63, 3.8) is 0 Å². The molecular formula is C30H37N3O5S. The van der Waals surface area contributed by atoms with E-state index < -0.39 is 28.5 Å². The Hall–Kier alpha value is -3.85. The summed E-state index contributed by atoms with van der Waals surface area (Å²) in [5.74, 6) is -0.525. The minimum absolute atomic E-state index is 0.0479. The van der Waals surface area contributed by atoms with Gasteiger partial charge in [-0.05, 0) is 75.6 Å². The molecule has 0 saturated heterocycles. The van der Waals surface area contributed by atoms with Crippen molar-refractivity contribution in [1.82, 2.24) is 10.2 Å². The summed E-state index contributed by atoms with van der Waals surface area (Å²) in [5, 5.41) is 2.77. The van der Waals surface area contributed by atoms with Crippen molar-refractivity contribution in [1.29, 1.82) is 0 Å². The average molecular weight is 552 g/mol. The van der Waals surface area contributed by atoms with Gasteiger partial charge < -0.3 is 15.0 Å². The Morgan fingerprint density at radius 2 is 1.59 bits per heavy atom. The highest BCUT2D eigenvalue weighted by Crippen LogP contribution is 2.34. The van der Waals surface area contributed by atoms with Gasteiger partial charge in [0.25, 0.3) is 10.0 Å². The molecule has 1 atom stereocenters. The number of sulfonamides is 1. The quantitative estimate of drug-likeness (QED) is 0.382. The number of methoxy groups -OCH3 is 1. The van der Waals surface area contributed by atoms with Crippen LogP contribution in [0.2, 0.25) is 0 Å². The molecular weight excluding hydrogens is 514 g/mol. The molecule has 0 unspecified atom stereocenters. The van der Waals surface area contributed by atoms with Crippen LogP contribution in [-0.4, -0.2) is 51.4 Å².